The summed E-state index contributed by atoms with van der Waals surface area (Å²) < 4.78 is 0. The molecule has 1 unspecified atom stereocenters. The first-order valence-corrected chi connectivity index (χ1v) is 5.29. The average Bonchev–Trinajstić information content (AvgIpc) is 2.18. The van der Waals surface area contributed by atoms with Gasteiger partial charge in [-0.1, -0.05) is 6.92 Å². The highest BCUT2D eigenvalue weighted by Crippen LogP contribution is 2.20. The second kappa shape index (κ2) is 5.58. The molecule has 0 bridgehead atoms. The maximum Gasteiger partial charge on any atom is 0.0799 e. The van der Waals surface area contributed by atoms with Crippen molar-refractivity contribution in [2.45, 2.75) is 32.3 Å². The summed E-state index contributed by atoms with van der Waals surface area (Å²) in [5.41, 5.74) is 0. The fourth-order valence-corrected chi connectivity index (χ4v) is 2.03. The molecule has 2 N–H and O–H groups in total. The number of hydrogen-bond donors (Lipinski definition) is 2. The minimum Gasteiger partial charge on any atom is -0.394 e. The van der Waals surface area contributed by atoms with Crippen LogP contribution in [0.15, 0.2) is 0 Å². The molecule has 1 aliphatic heterocycles. The van der Waals surface area contributed by atoms with Crippen LogP contribution in [-0.2, 0) is 0 Å². The predicted molar refractivity (Wildman–Crippen MR) is 52.5 cm³/mol. The highest BCUT2D eigenvalue weighted by Gasteiger charge is 2.23. The maximum absolute atomic E-state index is 9.43. The number of piperidine rings is 1. The molecule has 1 aliphatic rings. The van der Waals surface area contributed by atoms with Gasteiger partial charge in [-0.25, -0.2) is 0 Å². The van der Waals surface area contributed by atoms with E-state index in [0.717, 1.165) is 25.9 Å². The van der Waals surface area contributed by atoms with Gasteiger partial charge in [-0.05, 0) is 44.8 Å². The molecule has 3 nitrogen and oxygen atoms in total. The minimum atomic E-state index is -0.497. The molecule has 13 heavy (non-hydrogen) atoms. The Morgan fingerprint density at radius 2 is 2.00 bits per heavy atom. The number of likely N-dealkylation sites (tertiary alicyclic amines) is 1. The number of nitrogens with zero attached hydrogens (tertiary/aromatic N) is 1. The van der Waals surface area contributed by atoms with Crippen LogP contribution in [0.3, 0.4) is 0 Å². The molecule has 1 saturated heterocycles. The SMILES string of the molecule is CCCN1CCC(C(O)CO)CC1. The highest BCUT2D eigenvalue weighted by atomic mass is 16.3. The summed E-state index contributed by atoms with van der Waals surface area (Å²) in [5, 5.41) is 18.2. The lowest BCUT2D eigenvalue weighted by molar-refractivity contribution is 0.0184. The zero-order chi connectivity index (χ0) is 9.68. The Balaban J connectivity index is 2.22. The van der Waals surface area contributed by atoms with Crippen molar-refractivity contribution in [3.8, 4) is 0 Å². The lowest BCUT2D eigenvalue weighted by Gasteiger charge is -2.33. The molecular weight excluding hydrogens is 166 g/mol. The lowest BCUT2D eigenvalue weighted by Crippen LogP contribution is -2.39. The molecule has 0 spiro atoms. The first-order valence-electron chi connectivity index (χ1n) is 5.29. The van der Waals surface area contributed by atoms with Gasteiger partial charge in [0.2, 0.25) is 0 Å². The van der Waals surface area contributed by atoms with Crippen LogP contribution in [0, 0.1) is 5.92 Å². The Bertz CT molecular complexity index is 133. The number of hydrogen-bond acceptors (Lipinski definition) is 3. The molecule has 3 heteroatoms. The molecular formula is C10H21NO2. The van der Waals surface area contributed by atoms with E-state index in [1.165, 1.54) is 13.0 Å². The third-order valence-electron chi connectivity index (χ3n) is 2.90. The summed E-state index contributed by atoms with van der Waals surface area (Å²) in [6.45, 7) is 5.43. The van der Waals surface area contributed by atoms with Gasteiger partial charge in [0.15, 0.2) is 0 Å². The van der Waals surface area contributed by atoms with Crippen molar-refractivity contribution in [3.63, 3.8) is 0 Å². The Hall–Kier alpha value is -0.120. The number of aliphatic hydroxyl groups excluding tert-OH is 2. The van der Waals surface area contributed by atoms with Crippen molar-refractivity contribution in [2.24, 2.45) is 5.92 Å². The largest absolute Gasteiger partial charge is 0.394 e. The summed E-state index contributed by atoms with van der Waals surface area (Å²) in [4.78, 5) is 2.43. The van der Waals surface area contributed by atoms with Crippen LogP contribution in [0.4, 0.5) is 0 Å². The fraction of sp³-hybridized carbons (Fsp3) is 1.00. The van der Waals surface area contributed by atoms with Gasteiger partial charge in [-0.15, -0.1) is 0 Å². The number of rotatable bonds is 4. The Kier molecular flexibility index (Phi) is 4.70. The number of aliphatic hydroxyl groups is 2. The van der Waals surface area contributed by atoms with Crippen LogP contribution in [0.5, 0.6) is 0 Å². The molecule has 78 valence electrons. The van der Waals surface area contributed by atoms with Gasteiger partial charge in [0.25, 0.3) is 0 Å². The molecule has 0 saturated carbocycles. The predicted octanol–water partition coefficient (Wildman–Crippen LogP) is 0.462. The van der Waals surface area contributed by atoms with E-state index in [4.69, 9.17) is 5.11 Å². The molecule has 1 rings (SSSR count). The topological polar surface area (TPSA) is 43.7 Å². The van der Waals surface area contributed by atoms with E-state index in [-0.39, 0.29) is 6.61 Å². The van der Waals surface area contributed by atoms with E-state index in [1.54, 1.807) is 0 Å². The first-order chi connectivity index (χ1) is 6.27. The van der Waals surface area contributed by atoms with Crippen LogP contribution in [0.25, 0.3) is 0 Å². The summed E-state index contributed by atoms with van der Waals surface area (Å²) >= 11 is 0. The Labute approximate surface area is 80.4 Å². The van der Waals surface area contributed by atoms with Crippen molar-refractivity contribution < 1.29 is 10.2 Å². The molecule has 0 amide bonds. The van der Waals surface area contributed by atoms with Crippen LogP contribution in [0.2, 0.25) is 0 Å². The summed E-state index contributed by atoms with van der Waals surface area (Å²) in [7, 11) is 0. The zero-order valence-corrected chi connectivity index (χ0v) is 8.45. The van der Waals surface area contributed by atoms with Crippen molar-refractivity contribution in [2.75, 3.05) is 26.2 Å². The maximum atomic E-state index is 9.43. The van der Waals surface area contributed by atoms with E-state index in [9.17, 15) is 5.11 Å². The average molecular weight is 187 g/mol. The van der Waals surface area contributed by atoms with E-state index >= 15 is 0 Å². The van der Waals surface area contributed by atoms with Gasteiger partial charge < -0.3 is 15.1 Å². The minimum absolute atomic E-state index is 0.0849. The Morgan fingerprint density at radius 1 is 1.38 bits per heavy atom. The first kappa shape index (κ1) is 11.0. The lowest BCUT2D eigenvalue weighted by atomic mass is 9.91. The van der Waals surface area contributed by atoms with Crippen LogP contribution >= 0.6 is 0 Å². The fourth-order valence-electron chi connectivity index (χ4n) is 2.03. The second-order valence-corrected chi connectivity index (χ2v) is 3.93. The molecule has 0 radical (unpaired) electrons. The second-order valence-electron chi connectivity index (χ2n) is 3.93. The van der Waals surface area contributed by atoms with Crippen molar-refractivity contribution in [1.82, 2.24) is 4.90 Å². The van der Waals surface area contributed by atoms with Crippen LogP contribution < -0.4 is 0 Å². The van der Waals surface area contributed by atoms with E-state index in [0.29, 0.717) is 5.92 Å². The quantitative estimate of drug-likeness (QED) is 0.672. The highest BCUT2D eigenvalue weighted by molar-refractivity contribution is 4.76. The summed E-state index contributed by atoms with van der Waals surface area (Å²) in [6.07, 6.45) is 2.76. The smallest absolute Gasteiger partial charge is 0.0799 e. The van der Waals surface area contributed by atoms with E-state index < -0.39 is 6.10 Å². The normalized spacial score (nSPS) is 23.3. The van der Waals surface area contributed by atoms with Gasteiger partial charge >= 0.3 is 0 Å². The summed E-state index contributed by atoms with van der Waals surface area (Å²) in [5.74, 6) is 0.318. The molecule has 1 heterocycles. The monoisotopic (exact) mass is 187 g/mol. The van der Waals surface area contributed by atoms with Crippen LogP contribution in [-0.4, -0.2) is 47.5 Å². The van der Waals surface area contributed by atoms with Crippen molar-refractivity contribution >= 4 is 0 Å². The third-order valence-corrected chi connectivity index (χ3v) is 2.90. The molecule has 1 fully saturated rings. The molecule has 0 aromatic carbocycles. The molecule has 1 atom stereocenters. The van der Waals surface area contributed by atoms with Crippen molar-refractivity contribution in [3.05, 3.63) is 0 Å². The van der Waals surface area contributed by atoms with Crippen LogP contribution in [0.1, 0.15) is 26.2 Å². The van der Waals surface area contributed by atoms with Gasteiger partial charge in [-0.3, -0.25) is 0 Å². The third kappa shape index (κ3) is 3.25. The zero-order valence-electron chi connectivity index (χ0n) is 8.45. The van der Waals surface area contributed by atoms with Gasteiger partial charge in [0, 0.05) is 0 Å². The molecule has 0 aromatic rings. The summed E-state index contributed by atoms with van der Waals surface area (Å²) in [6, 6.07) is 0. The molecule has 0 aromatic heterocycles. The van der Waals surface area contributed by atoms with Gasteiger partial charge in [0.05, 0.1) is 12.7 Å². The Morgan fingerprint density at radius 3 is 2.46 bits per heavy atom. The van der Waals surface area contributed by atoms with E-state index in [2.05, 4.69) is 11.8 Å². The standard InChI is InChI=1S/C10H21NO2/c1-2-5-11-6-3-9(4-7-11)10(13)8-12/h9-10,12-13H,2-8H2,1H3. The van der Waals surface area contributed by atoms with Gasteiger partial charge in [0.1, 0.15) is 0 Å². The van der Waals surface area contributed by atoms with Gasteiger partial charge in [-0.2, -0.15) is 0 Å². The molecule has 0 aliphatic carbocycles. The van der Waals surface area contributed by atoms with E-state index in [1.807, 2.05) is 0 Å². The van der Waals surface area contributed by atoms with Crippen molar-refractivity contribution in [1.29, 1.82) is 0 Å².